The highest BCUT2D eigenvalue weighted by Gasteiger charge is 2.14. The van der Waals surface area contributed by atoms with Crippen molar-refractivity contribution < 1.29 is 4.39 Å². The first kappa shape index (κ1) is 4.68. The van der Waals surface area contributed by atoms with E-state index in [1.807, 2.05) is 0 Å². The Bertz CT molecular complexity index is 368. The van der Waals surface area contributed by atoms with Crippen molar-refractivity contribution in [1.29, 1.82) is 0 Å². The van der Waals surface area contributed by atoms with Crippen molar-refractivity contribution in [2.24, 2.45) is 0 Å². The molecule has 0 aliphatic heterocycles. The molecule has 2 aromatic carbocycles. The van der Waals surface area contributed by atoms with Crippen LogP contribution < -0.4 is 5.43 Å². The van der Waals surface area contributed by atoms with Crippen LogP contribution in [0, 0.1) is 5.82 Å². The van der Waals surface area contributed by atoms with Gasteiger partial charge >= 0.3 is 0 Å². The summed E-state index contributed by atoms with van der Waals surface area (Å²) in [6.07, 6.45) is 0. The van der Waals surface area contributed by atoms with Crippen LogP contribution in [0.2, 0.25) is 0 Å². The monoisotopic (exact) mass is 122 g/mol. The van der Waals surface area contributed by atoms with E-state index in [2.05, 4.69) is 0 Å². The Balaban J connectivity index is 2.98. The minimum absolute atomic E-state index is 0.141. The van der Waals surface area contributed by atoms with Crippen LogP contribution in [-0.4, -0.2) is 0 Å². The van der Waals surface area contributed by atoms with Gasteiger partial charge in [-0.2, -0.15) is 0 Å². The second-order valence-electron chi connectivity index (χ2n) is 1.99. The highest BCUT2D eigenvalue weighted by atomic mass is 19.1. The van der Waals surface area contributed by atoms with Gasteiger partial charge < -0.3 is 0 Å². The highest BCUT2D eigenvalue weighted by Crippen LogP contribution is 2.16. The molecule has 0 radical (unpaired) electrons. The minimum Gasteiger partial charge on any atom is -0.288 e. The first-order chi connectivity index (χ1) is 4.30. The first-order valence-electron chi connectivity index (χ1n) is 2.64. The third kappa shape index (κ3) is 0.447. The van der Waals surface area contributed by atoms with Crippen molar-refractivity contribution in [2.45, 2.75) is 0 Å². The molecule has 1 nitrogen and oxygen atoms in total. The maximum absolute atomic E-state index is 12.4. The highest BCUT2D eigenvalue weighted by molar-refractivity contribution is 5.97. The fourth-order valence-electron chi connectivity index (χ4n) is 0.892. The van der Waals surface area contributed by atoms with Gasteiger partial charge in [0.2, 0.25) is 0 Å². The third-order valence-electron chi connectivity index (χ3n) is 1.42. The van der Waals surface area contributed by atoms with Crippen LogP contribution in [0.15, 0.2) is 23.0 Å². The Hall–Kier alpha value is -1.18. The lowest BCUT2D eigenvalue weighted by Crippen LogP contribution is -1.70. The molecule has 0 aliphatic carbocycles. The van der Waals surface area contributed by atoms with Gasteiger partial charge in [0.15, 0.2) is 5.43 Å². The predicted octanol–water partition coefficient (Wildman–Crippen LogP) is 1.21. The summed E-state index contributed by atoms with van der Waals surface area (Å²) in [4.78, 5) is 10.5. The first-order valence-corrected chi connectivity index (χ1v) is 2.64. The quantitative estimate of drug-likeness (QED) is 0.513. The van der Waals surface area contributed by atoms with E-state index in [0.717, 1.165) is 0 Å². The van der Waals surface area contributed by atoms with E-state index in [1.165, 1.54) is 6.07 Å². The Labute approximate surface area is 50.4 Å². The maximum Gasteiger partial charge on any atom is 0.197 e. The zero-order valence-electron chi connectivity index (χ0n) is 4.52. The van der Waals surface area contributed by atoms with Crippen LogP contribution in [0.1, 0.15) is 0 Å². The van der Waals surface area contributed by atoms with Gasteiger partial charge in [-0.1, -0.05) is 12.1 Å². The van der Waals surface area contributed by atoms with Crippen LogP contribution in [0.5, 0.6) is 0 Å². The van der Waals surface area contributed by atoms with Crippen molar-refractivity contribution in [3.05, 3.63) is 34.2 Å². The van der Waals surface area contributed by atoms with Crippen molar-refractivity contribution >= 4 is 10.8 Å². The standard InChI is InChI=1S/C7H3FO/c8-5-3-1-2-4-6(5)7(4)9/h1-3H. The number of halogens is 1. The Kier molecular flexibility index (Phi) is 0.628. The Morgan fingerprint density at radius 2 is 2.11 bits per heavy atom. The third-order valence-corrected chi connectivity index (χ3v) is 1.42. The molecule has 0 spiro atoms. The molecule has 2 heteroatoms. The second-order valence-corrected chi connectivity index (χ2v) is 1.99. The van der Waals surface area contributed by atoms with Gasteiger partial charge in [-0.15, -0.1) is 0 Å². The van der Waals surface area contributed by atoms with Gasteiger partial charge in [-0.05, 0) is 6.07 Å². The van der Waals surface area contributed by atoms with E-state index >= 15 is 0 Å². The van der Waals surface area contributed by atoms with E-state index in [9.17, 15) is 9.18 Å². The van der Waals surface area contributed by atoms with Crippen LogP contribution in [0.25, 0.3) is 10.8 Å². The number of benzene rings is 1. The fraction of sp³-hybridized carbons (Fsp3) is 0. The van der Waals surface area contributed by atoms with E-state index in [4.69, 9.17) is 0 Å². The molecule has 0 saturated heterocycles. The van der Waals surface area contributed by atoms with Crippen molar-refractivity contribution in [1.82, 2.24) is 0 Å². The molecule has 0 bridgehead atoms. The molecule has 0 aliphatic rings. The molecule has 0 unspecified atom stereocenters. The molecule has 9 heavy (non-hydrogen) atoms. The zero-order chi connectivity index (χ0) is 6.43. The summed E-state index contributed by atoms with van der Waals surface area (Å²) in [5.41, 5.74) is -0.141. The van der Waals surface area contributed by atoms with Crippen molar-refractivity contribution in [3.63, 3.8) is 0 Å². The SMILES string of the molecule is O=c1c2cccc(F)c12. The predicted molar refractivity (Wildman–Crippen MR) is 32.5 cm³/mol. The molecule has 2 rings (SSSR count). The molecule has 0 atom stereocenters. The summed E-state index contributed by atoms with van der Waals surface area (Å²) in [6, 6.07) is 4.46. The normalized spacial score (nSPS) is 11.2. The number of hydrogen-bond donors (Lipinski definition) is 0. The van der Waals surface area contributed by atoms with Crippen LogP contribution in [0.3, 0.4) is 0 Å². The van der Waals surface area contributed by atoms with Gasteiger partial charge in [0, 0.05) is 5.39 Å². The average Bonchev–Trinajstić information content (AvgIpc) is 2.45. The number of rotatable bonds is 0. The Morgan fingerprint density at radius 1 is 1.33 bits per heavy atom. The van der Waals surface area contributed by atoms with Crippen LogP contribution in [-0.2, 0) is 0 Å². The molecular weight excluding hydrogens is 119 g/mol. The Morgan fingerprint density at radius 3 is 2.67 bits per heavy atom. The molecule has 0 aromatic heterocycles. The summed E-state index contributed by atoms with van der Waals surface area (Å²) >= 11 is 0. The summed E-state index contributed by atoms with van der Waals surface area (Å²) in [5, 5.41) is 0.813. The van der Waals surface area contributed by atoms with E-state index in [0.29, 0.717) is 5.39 Å². The van der Waals surface area contributed by atoms with Gasteiger partial charge in [0.05, 0.1) is 5.39 Å². The molecule has 0 fully saturated rings. The largest absolute Gasteiger partial charge is 0.288 e. The van der Waals surface area contributed by atoms with Crippen LogP contribution >= 0.6 is 0 Å². The number of hydrogen-bond acceptors (Lipinski definition) is 1. The minimum atomic E-state index is -0.391. The molecule has 0 saturated carbocycles. The smallest absolute Gasteiger partial charge is 0.197 e. The van der Waals surface area contributed by atoms with Gasteiger partial charge in [0.25, 0.3) is 0 Å². The average molecular weight is 122 g/mol. The van der Waals surface area contributed by atoms with Crippen LogP contribution in [0.4, 0.5) is 4.39 Å². The van der Waals surface area contributed by atoms with Gasteiger partial charge in [-0.3, -0.25) is 4.79 Å². The summed E-state index contributed by atoms with van der Waals surface area (Å²) in [5.74, 6) is -0.391. The van der Waals surface area contributed by atoms with E-state index in [1.54, 1.807) is 12.1 Å². The maximum atomic E-state index is 12.4. The van der Waals surface area contributed by atoms with Gasteiger partial charge in [-0.25, -0.2) is 4.39 Å². The van der Waals surface area contributed by atoms with E-state index < -0.39 is 5.82 Å². The van der Waals surface area contributed by atoms with Crippen molar-refractivity contribution in [3.8, 4) is 0 Å². The lowest BCUT2D eigenvalue weighted by atomic mass is 10.4. The van der Waals surface area contributed by atoms with Gasteiger partial charge in [0.1, 0.15) is 5.82 Å². The topological polar surface area (TPSA) is 17.1 Å². The summed E-state index contributed by atoms with van der Waals surface area (Å²) in [7, 11) is 0. The summed E-state index contributed by atoms with van der Waals surface area (Å²) in [6.45, 7) is 0. The summed E-state index contributed by atoms with van der Waals surface area (Å²) < 4.78 is 12.4. The van der Waals surface area contributed by atoms with E-state index in [-0.39, 0.29) is 10.8 Å². The second kappa shape index (κ2) is 1.21. The molecule has 0 amide bonds. The lowest BCUT2D eigenvalue weighted by Gasteiger charge is -1.75. The molecule has 44 valence electrons. The van der Waals surface area contributed by atoms with Crippen molar-refractivity contribution in [2.75, 3.05) is 0 Å². The number of fused-ring (bicyclic) bond motifs is 1. The molecular formula is C7H3FO. The zero-order valence-corrected chi connectivity index (χ0v) is 4.52. The fourth-order valence-corrected chi connectivity index (χ4v) is 0.892. The molecule has 0 heterocycles. The lowest BCUT2D eigenvalue weighted by molar-refractivity contribution is 0.641. The molecule has 0 N–H and O–H groups in total. The molecule has 2 aromatic rings.